The Hall–Kier alpha value is -3.89. The third-order valence-corrected chi connectivity index (χ3v) is 8.19. The van der Waals surface area contributed by atoms with Crippen molar-refractivity contribution in [2.45, 2.75) is 18.8 Å². The van der Waals surface area contributed by atoms with Crippen LogP contribution in [0.15, 0.2) is 52.7 Å². The molecular weight excluding hydrogens is 642 g/mol. The Balaban J connectivity index is 1.44. The van der Waals surface area contributed by atoms with E-state index in [4.69, 9.17) is 12.2 Å². The number of thioether (sulfide) groups is 1. The first-order chi connectivity index (χ1) is 20.1. The van der Waals surface area contributed by atoms with E-state index in [0.717, 1.165) is 36.3 Å². The summed E-state index contributed by atoms with van der Waals surface area (Å²) in [7, 11) is 1.15. The minimum Gasteiger partial charge on any atom is -0.507 e. The highest BCUT2D eigenvalue weighted by atomic mass is 32.2. The SMILES string of the molecule is COC(=O)c1ccc(NC(=O)CCN2C(=O)C(=Cc3cc(-c4cc(C(F)(F)F)cc(C(F)(F)F)c4)cs3)SC2=S)cc1O. The zero-order valence-electron chi connectivity index (χ0n) is 21.6. The van der Waals surface area contributed by atoms with Crippen molar-refractivity contribution in [3.05, 3.63) is 74.3 Å². The predicted octanol–water partition coefficient (Wildman–Crippen LogP) is 7.17. The van der Waals surface area contributed by atoms with Crippen LogP contribution in [-0.4, -0.2) is 45.8 Å². The number of nitrogens with zero attached hydrogens (tertiary/aromatic N) is 1. The molecule has 0 aliphatic carbocycles. The molecule has 1 fully saturated rings. The number of phenolic OH excluding ortho intramolecular Hbond substituents is 1. The van der Waals surface area contributed by atoms with Gasteiger partial charge in [0.2, 0.25) is 5.91 Å². The minimum atomic E-state index is -4.99. The molecule has 2 amide bonds. The van der Waals surface area contributed by atoms with Gasteiger partial charge in [-0.25, -0.2) is 4.79 Å². The number of thiophene rings is 1. The third-order valence-electron chi connectivity index (χ3n) is 5.94. The molecule has 0 saturated carbocycles. The van der Waals surface area contributed by atoms with Gasteiger partial charge < -0.3 is 15.2 Å². The van der Waals surface area contributed by atoms with Gasteiger partial charge in [-0.1, -0.05) is 24.0 Å². The number of hydrogen-bond donors (Lipinski definition) is 2. The Morgan fingerprint density at radius 2 is 1.67 bits per heavy atom. The molecule has 1 saturated heterocycles. The molecule has 0 radical (unpaired) electrons. The number of hydrogen-bond acceptors (Lipinski definition) is 8. The van der Waals surface area contributed by atoms with E-state index in [1.807, 2.05) is 0 Å². The second-order valence-corrected chi connectivity index (χ2v) is 11.5. The van der Waals surface area contributed by atoms with E-state index >= 15 is 0 Å². The topological polar surface area (TPSA) is 95.9 Å². The van der Waals surface area contributed by atoms with Crippen LogP contribution in [-0.2, 0) is 26.7 Å². The Morgan fingerprint density at radius 1 is 1.02 bits per heavy atom. The van der Waals surface area contributed by atoms with Gasteiger partial charge in [0.05, 0.1) is 23.1 Å². The summed E-state index contributed by atoms with van der Waals surface area (Å²) in [5.41, 5.74) is -2.97. The summed E-state index contributed by atoms with van der Waals surface area (Å²) in [6.45, 7) is -0.0970. The molecule has 0 spiro atoms. The van der Waals surface area contributed by atoms with E-state index in [-0.39, 0.29) is 50.6 Å². The van der Waals surface area contributed by atoms with Crippen molar-refractivity contribution in [2.24, 2.45) is 0 Å². The first-order valence-corrected chi connectivity index (χ1v) is 14.0. The van der Waals surface area contributed by atoms with Crippen LogP contribution < -0.4 is 5.32 Å². The van der Waals surface area contributed by atoms with Gasteiger partial charge in [0.25, 0.3) is 5.91 Å². The number of rotatable bonds is 7. The lowest BCUT2D eigenvalue weighted by Gasteiger charge is -2.14. The molecule has 0 atom stereocenters. The summed E-state index contributed by atoms with van der Waals surface area (Å²) in [5.74, 6) is -2.22. The molecule has 2 heterocycles. The maximum absolute atomic E-state index is 13.3. The maximum Gasteiger partial charge on any atom is 0.416 e. The van der Waals surface area contributed by atoms with Crippen molar-refractivity contribution in [1.82, 2.24) is 4.90 Å². The number of thiocarbonyl (C=S) groups is 1. The zero-order chi connectivity index (χ0) is 31.7. The number of halogens is 6. The smallest absolute Gasteiger partial charge is 0.416 e. The fourth-order valence-electron chi connectivity index (χ4n) is 3.85. The Bertz CT molecular complexity index is 1620. The number of nitrogens with one attached hydrogen (secondary N) is 1. The van der Waals surface area contributed by atoms with Gasteiger partial charge >= 0.3 is 18.3 Å². The number of esters is 1. The highest BCUT2D eigenvalue weighted by molar-refractivity contribution is 8.26. The van der Waals surface area contributed by atoms with Crippen LogP contribution in [0.2, 0.25) is 0 Å². The highest BCUT2D eigenvalue weighted by Gasteiger charge is 2.37. The average Bonchev–Trinajstić information content (AvgIpc) is 3.49. The first kappa shape index (κ1) is 32.0. The van der Waals surface area contributed by atoms with Gasteiger partial charge in [-0.2, -0.15) is 26.3 Å². The lowest BCUT2D eigenvalue weighted by Crippen LogP contribution is -2.31. The Labute approximate surface area is 253 Å². The summed E-state index contributed by atoms with van der Waals surface area (Å²) in [4.78, 5) is 38.7. The molecule has 1 aliphatic rings. The number of ether oxygens (including phenoxy) is 1. The molecule has 226 valence electrons. The number of benzene rings is 2. The van der Waals surface area contributed by atoms with Crippen LogP contribution in [0.5, 0.6) is 5.75 Å². The van der Waals surface area contributed by atoms with Crippen LogP contribution in [0.25, 0.3) is 17.2 Å². The Kier molecular flexibility index (Phi) is 9.22. The van der Waals surface area contributed by atoms with Crippen molar-refractivity contribution in [3.8, 4) is 16.9 Å². The van der Waals surface area contributed by atoms with Gasteiger partial charge in [0.1, 0.15) is 15.6 Å². The van der Waals surface area contributed by atoms with E-state index in [1.165, 1.54) is 34.6 Å². The summed E-state index contributed by atoms with van der Waals surface area (Å²) < 4.78 is 84.2. The highest BCUT2D eigenvalue weighted by Crippen LogP contribution is 2.40. The molecule has 3 aromatic rings. The van der Waals surface area contributed by atoms with Crippen LogP contribution in [0.1, 0.15) is 32.8 Å². The zero-order valence-corrected chi connectivity index (χ0v) is 24.1. The molecule has 0 unspecified atom stereocenters. The van der Waals surface area contributed by atoms with Crippen molar-refractivity contribution in [3.63, 3.8) is 0 Å². The number of amides is 2. The van der Waals surface area contributed by atoms with Gasteiger partial charge in [0, 0.05) is 29.6 Å². The monoisotopic (exact) mass is 660 g/mol. The standard InChI is InChI=1S/C27H18F6N2O5S3/c1-40-24(39)19-3-2-17(10-20(19)36)34-22(37)4-5-35-23(38)21(43-25(35)41)11-18-8-14(12-42-18)13-6-15(26(28,29)30)9-16(7-13)27(31,32)33/h2-3,6-12,36H,4-5H2,1H3,(H,34,37). The molecule has 2 N–H and O–H groups in total. The van der Waals surface area contributed by atoms with Crippen LogP contribution >= 0.6 is 35.3 Å². The number of alkyl halides is 6. The number of carbonyl (C=O) groups excluding carboxylic acids is 3. The minimum absolute atomic E-state index is 0.0486. The summed E-state index contributed by atoms with van der Waals surface area (Å²) in [5, 5.41) is 13.9. The van der Waals surface area contributed by atoms with Crippen LogP contribution in [0.3, 0.4) is 0 Å². The van der Waals surface area contributed by atoms with Gasteiger partial charge in [-0.15, -0.1) is 11.3 Å². The normalized spacial score (nSPS) is 14.9. The van der Waals surface area contributed by atoms with E-state index in [0.29, 0.717) is 17.0 Å². The summed E-state index contributed by atoms with van der Waals surface area (Å²) in [6.07, 6.45) is -8.75. The molecule has 43 heavy (non-hydrogen) atoms. The van der Waals surface area contributed by atoms with Crippen LogP contribution in [0, 0.1) is 0 Å². The van der Waals surface area contributed by atoms with Crippen LogP contribution in [0.4, 0.5) is 32.0 Å². The quantitative estimate of drug-likeness (QED) is 0.120. The lowest BCUT2D eigenvalue weighted by molar-refractivity contribution is -0.143. The number of carbonyl (C=O) groups is 3. The molecule has 16 heteroatoms. The van der Waals surface area contributed by atoms with E-state index in [9.17, 15) is 45.8 Å². The summed E-state index contributed by atoms with van der Waals surface area (Å²) >= 11 is 7.18. The lowest BCUT2D eigenvalue weighted by atomic mass is 10.0. The maximum atomic E-state index is 13.3. The predicted molar refractivity (Wildman–Crippen MR) is 152 cm³/mol. The number of aromatic hydroxyl groups is 1. The van der Waals surface area contributed by atoms with Gasteiger partial charge in [0.15, 0.2) is 0 Å². The van der Waals surface area contributed by atoms with Crippen molar-refractivity contribution in [1.29, 1.82) is 0 Å². The molecule has 0 bridgehead atoms. The number of phenols is 1. The fraction of sp³-hybridized carbons (Fsp3) is 0.185. The molecular formula is C27H18F6N2O5S3. The van der Waals surface area contributed by atoms with E-state index in [1.54, 1.807) is 0 Å². The molecule has 1 aliphatic heterocycles. The summed E-state index contributed by atoms with van der Waals surface area (Å²) in [6, 6.07) is 6.47. The number of anilines is 1. The fourth-order valence-corrected chi connectivity index (χ4v) is 6.07. The second-order valence-electron chi connectivity index (χ2n) is 8.89. The Morgan fingerprint density at radius 3 is 2.26 bits per heavy atom. The number of methoxy groups -OCH3 is 1. The molecule has 2 aromatic carbocycles. The largest absolute Gasteiger partial charge is 0.507 e. The third kappa shape index (κ3) is 7.55. The average molecular weight is 661 g/mol. The van der Waals surface area contributed by atoms with Crippen molar-refractivity contribution < 1.29 is 50.6 Å². The molecule has 7 nitrogen and oxygen atoms in total. The van der Waals surface area contributed by atoms with Crippen molar-refractivity contribution >= 4 is 69.2 Å². The molecule has 4 rings (SSSR count). The van der Waals surface area contributed by atoms with E-state index < -0.39 is 47.0 Å². The van der Waals surface area contributed by atoms with Gasteiger partial charge in [-0.05, 0) is 59.0 Å². The first-order valence-electron chi connectivity index (χ1n) is 11.9. The van der Waals surface area contributed by atoms with E-state index in [2.05, 4.69) is 10.1 Å². The van der Waals surface area contributed by atoms with Gasteiger partial charge in [-0.3, -0.25) is 14.5 Å². The molecule has 1 aromatic heterocycles. The van der Waals surface area contributed by atoms with Crippen molar-refractivity contribution in [2.75, 3.05) is 19.0 Å². The second kappa shape index (κ2) is 12.4.